The molecule has 1 rings (SSSR count). The van der Waals surface area contributed by atoms with E-state index in [1.165, 1.54) is 18.5 Å². The smallest absolute Gasteiger partial charge is 0.0921 e. The van der Waals surface area contributed by atoms with Crippen molar-refractivity contribution in [3.05, 3.63) is 18.2 Å². The molecule has 15 heavy (non-hydrogen) atoms. The highest BCUT2D eigenvalue weighted by Crippen LogP contribution is 2.39. The molecule has 0 spiro atoms. The molecule has 1 aromatic heterocycles. The van der Waals surface area contributed by atoms with E-state index in [9.17, 15) is 0 Å². The third-order valence-electron chi connectivity index (χ3n) is 3.75. The zero-order chi connectivity index (χ0) is 11.5. The standard InChI is InChI=1S/C13H24N2/c1-6-12(3,4)9-13(5,7-2)11-8-14-10-15-11/h8,10H,6-7,9H2,1-5H3,(H,14,15). The van der Waals surface area contributed by atoms with E-state index in [1.54, 1.807) is 6.33 Å². The van der Waals surface area contributed by atoms with Crippen LogP contribution >= 0.6 is 0 Å². The Balaban J connectivity index is 2.87. The van der Waals surface area contributed by atoms with Crippen LogP contribution < -0.4 is 0 Å². The fourth-order valence-corrected chi connectivity index (χ4v) is 2.18. The first kappa shape index (κ1) is 12.3. The number of hydrogen-bond donors (Lipinski definition) is 1. The van der Waals surface area contributed by atoms with Gasteiger partial charge in [0.1, 0.15) is 0 Å². The van der Waals surface area contributed by atoms with Crippen LogP contribution in [0.1, 0.15) is 59.6 Å². The lowest BCUT2D eigenvalue weighted by Crippen LogP contribution is -2.29. The predicted molar refractivity (Wildman–Crippen MR) is 64.9 cm³/mol. The monoisotopic (exact) mass is 208 g/mol. The van der Waals surface area contributed by atoms with E-state index in [2.05, 4.69) is 44.6 Å². The average molecular weight is 208 g/mol. The molecule has 0 saturated carbocycles. The number of H-pyrrole nitrogens is 1. The second kappa shape index (κ2) is 4.38. The van der Waals surface area contributed by atoms with Gasteiger partial charge in [-0.15, -0.1) is 0 Å². The summed E-state index contributed by atoms with van der Waals surface area (Å²) < 4.78 is 0. The van der Waals surface area contributed by atoms with Crippen LogP contribution in [0.4, 0.5) is 0 Å². The van der Waals surface area contributed by atoms with Crippen molar-refractivity contribution in [1.82, 2.24) is 9.97 Å². The van der Waals surface area contributed by atoms with Crippen LogP contribution in [0.15, 0.2) is 12.5 Å². The lowest BCUT2D eigenvalue weighted by atomic mass is 9.70. The van der Waals surface area contributed by atoms with Gasteiger partial charge in [0.15, 0.2) is 0 Å². The summed E-state index contributed by atoms with van der Waals surface area (Å²) in [6.45, 7) is 11.5. The van der Waals surface area contributed by atoms with Gasteiger partial charge in [-0.3, -0.25) is 0 Å². The SMILES string of the molecule is CCC(C)(C)CC(C)(CC)c1cnc[nH]1. The molecule has 0 radical (unpaired) electrons. The van der Waals surface area contributed by atoms with E-state index in [1.807, 2.05) is 6.20 Å². The van der Waals surface area contributed by atoms with Gasteiger partial charge in [0, 0.05) is 17.3 Å². The molecule has 1 aromatic rings. The highest BCUT2D eigenvalue weighted by molar-refractivity contribution is 5.12. The molecule has 2 heteroatoms. The molecule has 0 aromatic carbocycles. The zero-order valence-electron chi connectivity index (χ0n) is 10.7. The van der Waals surface area contributed by atoms with Gasteiger partial charge >= 0.3 is 0 Å². The number of nitrogens with zero attached hydrogens (tertiary/aromatic N) is 1. The van der Waals surface area contributed by atoms with E-state index in [4.69, 9.17) is 0 Å². The fourth-order valence-electron chi connectivity index (χ4n) is 2.18. The molecule has 1 unspecified atom stereocenters. The summed E-state index contributed by atoms with van der Waals surface area (Å²) in [6, 6.07) is 0. The number of aromatic nitrogens is 2. The quantitative estimate of drug-likeness (QED) is 0.781. The molecule has 86 valence electrons. The number of rotatable bonds is 5. The fraction of sp³-hybridized carbons (Fsp3) is 0.769. The Morgan fingerprint density at radius 3 is 2.27 bits per heavy atom. The average Bonchev–Trinajstić information content (AvgIpc) is 2.70. The van der Waals surface area contributed by atoms with Crippen molar-refractivity contribution >= 4 is 0 Å². The summed E-state index contributed by atoms with van der Waals surface area (Å²) >= 11 is 0. The first-order valence-corrected chi connectivity index (χ1v) is 5.92. The summed E-state index contributed by atoms with van der Waals surface area (Å²) in [4.78, 5) is 7.40. The summed E-state index contributed by atoms with van der Waals surface area (Å²) in [5.74, 6) is 0. The Kier molecular flexibility index (Phi) is 3.58. The largest absolute Gasteiger partial charge is 0.348 e. The van der Waals surface area contributed by atoms with Crippen molar-refractivity contribution in [2.24, 2.45) is 5.41 Å². The normalized spacial score (nSPS) is 16.3. The van der Waals surface area contributed by atoms with Crippen LogP contribution in [-0.4, -0.2) is 9.97 Å². The number of aromatic amines is 1. The van der Waals surface area contributed by atoms with Crippen LogP contribution in [0, 0.1) is 5.41 Å². The minimum atomic E-state index is 0.232. The van der Waals surface area contributed by atoms with Crippen LogP contribution in [0.2, 0.25) is 0 Å². The summed E-state index contributed by atoms with van der Waals surface area (Å²) in [5, 5.41) is 0. The van der Waals surface area contributed by atoms with Crippen LogP contribution in [0.5, 0.6) is 0 Å². The van der Waals surface area contributed by atoms with Gasteiger partial charge in [-0.25, -0.2) is 4.98 Å². The first-order chi connectivity index (χ1) is 6.93. The topological polar surface area (TPSA) is 28.7 Å². The van der Waals surface area contributed by atoms with Crippen molar-refractivity contribution in [3.8, 4) is 0 Å². The Bertz CT molecular complexity index is 287. The van der Waals surface area contributed by atoms with Gasteiger partial charge in [0.2, 0.25) is 0 Å². The van der Waals surface area contributed by atoms with Gasteiger partial charge < -0.3 is 4.98 Å². The van der Waals surface area contributed by atoms with E-state index < -0.39 is 0 Å². The molecule has 1 atom stereocenters. The second-order valence-corrected chi connectivity index (χ2v) is 5.57. The maximum atomic E-state index is 4.14. The molecular formula is C13H24N2. The lowest BCUT2D eigenvalue weighted by molar-refractivity contribution is 0.227. The van der Waals surface area contributed by atoms with Gasteiger partial charge in [-0.1, -0.05) is 41.0 Å². The number of nitrogens with one attached hydrogen (secondary N) is 1. The van der Waals surface area contributed by atoms with Crippen molar-refractivity contribution in [3.63, 3.8) is 0 Å². The molecular weight excluding hydrogens is 184 g/mol. The Labute approximate surface area is 93.5 Å². The van der Waals surface area contributed by atoms with Crippen LogP contribution in [0.25, 0.3) is 0 Å². The van der Waals surface area contributed by atoms with Gasteiger partial charge in [0.25, 0.3) is 0 Å². The predicted octanol–water partition coefficient (Wildman–Crippen LogP) is 3.90. The molecule has 0 fully saturated rings. The van der Waals surface area contributed by atoms with Crippen molar-refractivity contribution < 1.29 is 0 Å². The molecule has 1 heterocycles. The van der Waals surface area contributed by atoms with E-state index in [0.717, 1.165) is 6.42 Å². The number of imidazole rings is 1. The van der Waals surface area contributed by atoms with Gasteiger partial charge in [0.05, 0.1) is 6.33 Å². The maximum absolute atomic E-state index is 4.14. The summed E-state index contributed by atoms with van der Waals surface area (Å²) in [5.41, 5.74) is 1.90. The minimum Gasteiger partial charge on any atom is -0.348 e. The third-order valence-corrected chi connectivity index (χ3v) is 3.75. The molecule has 0 amide bonds. The Hall–Kier alpha value is -0.790. The van der Waals surface area contributed by atoms with Crippen LogP contribution in [0.3, 0.4) is 0 Å². The van der Waals surface area contributed by atoms with E-state index in [-0.39, 0.29) is 5.41 Å². The highest BCUT2D eigenvalue weighted by atomic mass is 14.9. The Morgan fingerprint density at radius 1 is 1.20 bits per heavy atom. The molecule has 0 aliphatic heterocycles. The Morgan fingerprint density at radius 2 is 1.87 bits per heavy atom. The molecule has 0 saturated heterocycles. The van der Waals surface area contributed by atoms with Crippen LogP contribution in [-0.2, 0) is 5.41 Å². The molecule has 0 bridgehead atoms. The van der Waals surface area contributed by atoms with Gasteiger partial charge in [-0.2, -0.15) is 0 Å². The maximum Gasteiger partial charge on any atom is 0.0921 e. The highest BCUT2D eigenvalue weighted by Gasteiger charge is 2.32. The minimum absolute atomic E-state index is 0.232. The summed E-state index contributed by atoms with van der Waals surface area (Å²) in [7, 11) is 0. The van der Waals surface area contributed by atoms with Gasteiger partial charge in [-0.05, 0) is 18.3 Å². The molecule has 1 N–H and O–H groups in total. The van der Waals surface area contributed by atoms with E-state index >= 15 is 0 Å². The van der Waals surface area contributed by atoms with E-state index in [0.29, 0.717) is 5.41 Å². The third kappa shape index (κ3) is 2.83. The molecule has 2 nitrogen and oxygen atoms in total. The molecule has 0 aliphatic rings. The van der Waals surface area contributed by atoms with Crippen molar-refractivity contribution in [2.75, 3.05) is 0 Å². The first-order valence-electron chi connectivity index (χ1n) is 5.92. The second-order valence-electron chi connectivity index (χ2n) is 5.57. The van der Waals surface area contributed by atoms with Crippen molar-refractivity contribution in [1.29, 1.82) is 0 Å². The lowest BCUT2D eigenvalue weighted by Gasteiger charge is -2.35. The zero-order valence-corrected chi connectivity index (χ0v) is 10.7. The van der Waals surface area contributed by atoms with Crippen molar-refractivity contribution in [2.45, 2.75) is 59.3 Å². The number of hydrogen-bond acceptors (Lipinski definition) is 1. The molecule has 0 aliphatic carbocycles. The summed E-state index contributed by atoms with van der Waals surface area (Å²) in [6.07, 6.45) is 7.32.